The Balaban J connectivity index is 1.20. The smallest absolute Gasteiger partial charge is 0.251 e. The molecule has 9 heteroatoms. The Labute approximate surface area is 257 Å². The zero-order chi connectivity index (χ0) is 30.9. The molecule has 3 heterocycles. The Morgan fingerprint density at radius 2 is 1.95 bits per heavy atom. The van der Waals surface area contributed by atoms with Gasteiger partial charge in [-0.15, -0.1) is 0 Å². The lowest BCUT2D eigenvalue weighted by molar-refractivity contribution is 0.0952. The number of amides is 1. The molecule has 7 nitrogen and oxygen atoms in total. The summed E-state index contributed by atoms with van der Waals surface area (Å²) in [5.74, 6) is -1.12. The molecule has 0 saturated carbocycles. The molecule has 1 aromatic heterocycles. The Morgan fingerprint density at radius 3 is 2.75 bits per heavy atom. The third kappa shape index (κ3) is 7.15. The van der Waals surface area contributed by atoms with E-state index in [0.29, 0.717) is 42.4 Å². The van der Waals surface area contributed by atoms with Gasteiger partial charge in [-0.05, 0) is 73.9 Å². The maximum atomic E-state index is 14.9. The summed E-state index contributed by atoms with van der Waals surface area (Å²) in [4.78, 5) is 21.8. The quantitative estimate of drug-likeness (QED) is 0.195. The summed E-state index contributed by atoms with van der Waals surface area (Å²) in [5, 5.41) is 6.51. The average Bonchev–Trinajstić information content (AvgIpc) is 3.36. The van der Waals surface area contributed by atoms with Crippen LogP contribution in [0.5, 0.6) is 5.75 Å². The van der Waals surface area contributed by atoms with E-state index in [0.717, 1.165) is 49.1 Å². The summed E-state index contributed by atoms with van der Waals surface area (Å²) < 4.78 is 36.1. The number of nitrogens with one attached hydrogen (secondary N) is 2. The van der Waals surface area contributed by atoms with E-state index in [-0.39, 0.29) is 17.2 Å². The van der Waals surface area contributed by atoms with Gasteiger partial charge in [0, 0.05) is 42.0 Å². The number of hydrogen-bond donors (Lipinski definition) is 2. The molecular formula is C35H39F2N5O2. The third-order valence-electron chi connectivity index (χ3n) is 8.02. The molecular weight excluding hydrogens is 560 g/mol. The van der Waals surface area contributed by atoms with Crippen LogP contribution in [0, 0.1) is 17.6 Å². The van der Waals surface area contributed by atoms with Crippen molar-refractivity contribution in [3.8, 4) is 17.0 Å². The second kappa shape index (κ2) is 14.8. The van der Waals surface area contributed by atoms with Crippen LogP contribution in [0.3, 0.4) is 0 Å². The summed E-state index contributed by atoms with van der Waals surface area (Å²) in [7, 11) is 1.30. The van der Waals surface area contributed by atoms with Gasteiger partial charge in [0.1, 0.15) is 0 Å². The van der Waals surface area contributed by atoms with E-state index in [1.807, 2.05) is 43.5 Å². The number of hydrogen-bond acceptors (Lipinski definition) is 5. The van der Waals surface area contributed by atoms with Gasteiger partial charge in [-0.25, -0.2) is 9.37 Å². The van der Waals surface area contributed by atoms with Crippen molar-refractivity contribution in [1.82, 2.24) is 14.9 Å². The van der Waals surface area contributed by atoms with Crippen LogP contribution in [-0.4, -0.2) is 35.3 Å². The van der Waals surface area contributed by atoms with E-state index in [1.165, 1.54) is 31.9 Å². The van der Waals surface area contributed by atoms with Crippen LogP contribution in [0.4, 0.5) is 14.5 Å². The zero-order valence-electron chi connectivity index (χ0n) is 25.3. The van der Waals surface area contributed by atoms with Gasteiger partial charge >= 0.3 is 0 Å². The van der Waals surface area contributed by atoms with Gasteiger partial charge in [-0.1, -0.05) is 44.4 Å². The number of nitrogens with zero attached hydrogens (tertiary/aromatic N) is 3. The van der Waals surface area contributed by atoms with Gasteiger partial charge < -0.3 is 15.4 Å². The van der Waals surface area contributed by atoms with Crippen molar-refractivity contribution < 1.29 is 18.3 Å². The summed E-state index contributed by atoms with van der Waals surface area (Å²) >= 11 is 0. The van der Waals surface area contributed by atoms with Crippen molar-refractivity contribution in [3.05, 3.63) is 89.5 Å². The number of unbranched alkanes of at least 4 members (excludes halogenated alkanes) is 3. The number of aromatic nitrogens is 2. The van der Waals surface area contributed by atoms with Gasteiger partial charge in [0.05, 0.1) is 24.7 Å². The molecule has 0 saturated heterocycles. The number of imidazole rings is 1. The molecule has 2 aromatic carbocycles. The van der Waals surface area contributed by atoms with Crippen LogP contribution in [0.25, 0.3) is 23.2 Å². The molecule has 2 aliphatic heterocycles. The van der Waals surface area contributed by atoms with Gasteiger partial charge in [0.2, 0.25) is 5.82 Å². The molecule has 44 heavy (non-hydrogen) atoms. The first-order chi connectivity index (χ1) is 21.5. The molecule has 1 atom stereocenters. The monoisotopic (exact) mass is 599 g/mol. The van der Waals surface area contributed by atoms with Crippen molar-refractivity contribution in [2.75, 3.05) is 19.0 Å². The number of fused-ring (bicyclic) bond motifs is 1. The topological polar surface area (TPSA) is 80.5 Å². The number of aryl methyl sites for hydroxylation is 1. The lowest BCUT2D eigenvalue weighted by atomic mass is 9.97. The number of ether oxygens (including phenoxy) is 1. The fourth-order valence-corrected chi connectivity index (χ4v) is 5.59. The minimum absolute atomic E-state index is 0.0644. The number of aliphatic imine (C=N–C) groups is 1. The van der Waals surface area contributed by atoms with Crippen molar-refractivity contribution in [2.45, 2.75) is 58.3 Å². The molecule has 0 fully saturated rings. The van der Waals surface area contributed by atoms with Crippen molar-refractivity contribution in [2.24, 2.45) is 10.9 Å². The highest BCUT2D eigenvalue weighted by Crippen LogP contribution is 2.33. The summed E-state index contributed by atoms with van der Waals surface area (Å²) in [6.45, 7) is 2.68. The predicted molar refractivity (Wildman–Crippen MR) is 173 cm³/mol. The Bertz CT molecular complexity index is 1600. The predicted octanol–water partition coefficient (Wildman–Crippen LogP) is 8.01. The minimum atomic E-state index is -1.04. The lowest BCUT2D eigenvalue weighted by Gasteiger charge is -2.15. The molecule has 3 aromatic rings. The first-order valence-electron chi connectivity index (χ1n) is 15.3. The largest absolute Gasteiger partial charge is 0.494 e. The SMILES string of the molecule is CCc1cc(NC2=CCC=Cn3c(-c4ccc(OC)c(F)c4F)cnc32)ccc1C(=O)NCCCCCCC1C=NC=CC1. The number of carbonyl (C=O) groups is 1. The van der Waals surface area contributed by atoms with Crippen LogP contribution in [-0.2, 0) is 6.42 Å². The van der Waals surface area contributed by atoms with E-state index in [9.17, 15) is 13.6 Å². The van der Waals surface area contributed by atoms with Gasteiger partial charge in [-0.3, -0.25) is 14.4 Å². The van der Waals surface area contributed by atoms with E-state index in [4.69, 9.17) is 4.74 Å². The Hall–Kier alpha value is -4.53. The van der Waals surface area contributed by atoms with Crippen molar-refractivity contribution in [3.63, 3.8) is 0 Å². The lowest BCUT2D eigenvalue weighted by Crippen LogP contribution is -2.25. The third-order valence-corrected chi connectivity index (χ3v) is 8.02. The number of anilines is 1. The summed E-state index contributed by atoms with van der Waals surface area (Å²) in [6.07, 6.45) is 21.2. The molecule has 0 bridgehead atoms. The van der Waals surface area contributed by atoms with Crippen LogP contribution in [0.1, 0.15) is 73.6 Å². The molecule has 2 aliphatic rings. The second-order valence-corrected chi connectivity index (χ2v) is 11.0. The molecule has 0 aliphatic carbocycles. The Morgan fingerprint density at radius 1 is 1.09 bits per heavy atom. The van der Waals surface area contributed by atoms with Crippen LogP contribution >= 0.6 is 0 Å². The molecule has 230 valence electrons. The van der Waals surface area contributed by atoms with Crippen molar-refractivity contribution in [1.29, 1.82) is 0 Å². The maximum Gasteiger partial charge on any atom is 0.251 e. The summed E-state index contributed by atoms with van der Waals surface area (Å²) in [5.41, 5.74) is 3.64. The number of rotatable bonds is 13. The highest BCUT2D eigenvalue weighted by molar-refractivity contribution is 5.96. The molecule has 0 radical (unpaired) electrons. The number of halogens is 2. The minimum Gasteiger partial charge on any atom is -0.494 e. The van der Waals surface area contributed by atoms with Crippen molar-refractivity contribution >= 4 is 29.7 Å². The van der Waals surface area contributed by atoms with E-state index >= 15 is 0 Å². The highest BCUT2D eigenvalue weighted by Gasteiger charge is 2.22. The van der Waals surface area contributed by atoms with Crippen LogP contribution < -0.4 is 15.4 Å². The van der Waals surface area contributed by atoms with Gasteiger partial charge in [-0.2, -0.15) is 4.39 Å². The molecule has 2 N–H and O–H groups in total. The number of carbonyl (C=O) groups excluding carboxylic acids is 1. The van der Waals surface area contributed by atoms with E-state index < -0.39 is 11.6 Å². The van der Waals surface area contributed by atoms with Gasteiger partial charge in [0.15, 0.2) is 17.4 Å². The zero-order valence-corrected chi connectivity index (χ0v) is 25.3. The highest BCUT2D eigenvalue weighted by atomic mass is 19.2. The molecule has 1 unspecified atom stereocenters. The average molecular weight is 600 g/mol. The van der Waals surface area contributed by atoms with Gasteiger partial charge in [0.25, 0.3) is 5.91 Å². The van der Waals surface area contributed by atoms with E-state index in [2.05, 4.69) is 32.9 Å². The van der Waals surface area contributed by atoms with E-state index in [1.54, 1.807) is 10.8 Å². The number of methoxy groups -OCH3 is 1. The normalized spacial score (nSPS) is 15.5. The fourth-order valence-electron chi connectivity index (χ4n) is 5.59. The molecule has 0 spiro atoms. The van der Waals surface area contributed by atoms with Crippen LogP contribution in [0.15, 0.2) is 65.9 Å². The maximum absolute atomic E-state index is 14.9. The van der Waals surface area contributed by atoms with Crippen LogP contribution in [0.2, 0.25) is 0 Å². The second-order valence-electron chi connectivity index (χ2n) is 11.0. The standard InChI is InChI=1S/C35H39F2N5O2/c1-3-25-21-26(14-15-27(25)35(43)39-19-8-5-4-6-11-24-12-10-18-38-22-24)41-29-13-7-9-20-42-30(23-40-34(29)42)28-16-17-31(44-2)33(37)32(28)36/h9-10,13-18,20-24,41H,3-8,11-12,19H2,1-2H3,(H,39,43). The molecule has 1 amide bonds. The first kappa shape index (κ1) is 30.9. The fraction of sp³-hybridized carbons (Fsp3) is 0.343. The molecule has 5 rings (SSSR count). The summed E-state index contributed by atoms with van der Waals surface area (Å²) in [6, 6.07) is 8.59. The Kier molecular flexibility index (Phi) is 10.4. The number of benzene rings is 2. The number of allylic oxidation sites excluding steroid dienone is 3. The first-order valence-corrected chi connectivity index (χ1v) is 15.3.